The van der Waals surface area contributed by atoms with Gasteiger partial charge in [0.15, 0.2) is 16.6 Å². The minimum atomic E-state index is -0.689. The predicted octanol–water partition coefficient (Wildman–Crippen LogP) is 2.09. The Hall–Kier alpha value is -3.19. The van der Waals surface area contributed by atoms with E-state index in [9.17, 15) is 14.9 Å². The molecule has 13 heteroatoms. The van der Waals surface area contributed by atoms with Crippen molar-refractivity contribution >= 4 is 40.4 Å². The van der Waals surface area contributed by atoms with E-state index in [0.29, 0.717) is 35.8 Å². The lowest BCUT2D eigenvalue weighted by molar-refractivity contribution is -0.402. The highest BCUT2D eigenvalue weighted by atomic mass is 32.2. The summed E-state index contributed by atoms with van der Waals surface area (Å²) in [5, 5.41) is 19.7. The largest absolute Gasteiger partial charge is 0.433 e. The van der Waals surface area contributed by atoms with Gasteiger partial charge in [-0.1, -0.05) is 25.6 Å². The van der Waals surface area contributed by atoms with Crippen molar-refractivity contribution in [3.8, 4) is 0 Å². The number of morpholine rings is 1. The van der Waals surface area contributed by atoms with Crippen molar-refractivity contribution in [2.45, 2.75) is 30.8 Å². The average molecular weight is 462 g/mol. The summed E-state index contributed by atoms with van der Waals surface area (Å²) in [6, 6.07) is 2.42. The number of hydrogen-bond acceptors (Lipinski definition) is 10. The topological polar surface area (TPSA) is 141 Å². The molecule has 1 aliphatic rings. The number of nitro groups is 1. The number of nitrogens with one attached hydrogen (secondary N) is 1. The smallest absolute Gasteiger partial charge is 0.395 e. The Labute approximate surface area is 187 Å². The summed E-state index contributed by atoms with van der Waals surface area (Å²) in [7, 11) is 0. The van der Waals surface area contributed by atoms with Crippen molar-refractivity contribution in [1.82, 2.24) is 25.1 Å². The van der Waals surface area contributed by atoms with E-state index in [2.05, 4.69) is 29.2 Å². The molecule has 1 aliphatic heterocycles. The first-order chi connectivity index (χ1) is 15.4. The standard InChI is InChI=1S/C19H23N7O5S/c1-12(2)32-19-22-16(24-7-9-30-10-8-24)13-11-21-25(17(13)23-19)6-5-20-18(27)14-3-4-15(31-14)26(28)29/h3-4,11-12H,5-10H2,1-2H3,(H,20,27). The number of carbonyl (C=O) groups excluding carboxylic acids is 1. The number of carbonyl (C=O) groups is 1. The fraction of sp³-hybridized carbons (Fsp3) is 0.474. The van der Waals surface area contributed by atoms with Gasteiger partial charge in [0.2, 0.25) is 0 Å². The lowest BCUT2D eigenvalue weighted by atomic mass is 10.3. The molecule has 4 rings (SSSR count). The molecule has 1 saturated heterocycles. The van der Waals surface area contributed by atoms with E-state index < -0.39 is 16.7 Å². The molecule has 0 radical (unpaired) electrons. The molecule has 170 valence electrons. The van der Waals surface area contributed by atoms with Crippen LogP contribution in [-0.2, 0) is 11.3 Å². The normalized spacial score (nSPS) is 14.3. The van der Waals surface area contributed by atoms with Crippen LogP contribution in [0.5, 0.6) is 0 Å². The molecule has 0 aromatic carbocycles. The number of nitrogens with zero attached hydrogens (tertiary/aromatic N) is 6. The van der Waals surface area contributed by atoms with Gasteiger partial charge in [0.05, 0.1) is 37.4 Å². The molecule has 32 heavy (non-hydrogen) atoms. The van der Waals surface area contributed by atoms with Gasteiger partial charge >= 0.3 is 5.88 Å². The van der Waals surface area contributed by atoms with E-state index in [1.807, 2.05) is 0 Å². The molecule has 4 heterocycles. The molecule has 1 fully saturated rings. The zero-order valence-corrected chi connectivity index (χ0v) is 18.5. The first-order valence-electron chi connectivity index (χ1n) is 10.2. The number of hydrogen-bond donors (Lipinski definition) is 1. The van der Waals surface area contributed by atoms with Crippen LogP contribution in [0.25, 0.3) is 11.0 Å². The summed E-state index contributed by atoms with van der Waals surface area (Å²) >= 11 is 1.58. The summed E-state index contributed by atoms with van der Waals surface area (Å²) in [6.07, 6.45) is 1.74. The second-order valence-corrected chi connectivity index (χ2v) is 8.90. The Kier molecular flexibility index (Phi) is 6.55. The molecule has 0 saturated carbocycles. The maximum atomic E-state index is 12.2. The highest BCUT2D eigenvalue weighted by Crippen LogP contribution is 2.29. The van der Waals surface area contributed by atoms with Gasteiger partial charge in [-0.2, -0.15) is 5.10 Å². The van der Waals surface area contributed by atoms with Crippen LogP contribution in [-0.4, -0.2) is 68.7 Å². The van der Waals surface area contributed by atoms with E-state index in [1.54, 1.807) is 22.6 Å². The van der Waals surface area contributed by atoms with Crippen LogP contribution < -0.4 is 10.2 Å². The minimum absolute atomic E-state index is 0.116. The summed E-state index contributed by atoms with van der Waals surface area (Å²) in [5.41, 5.74) is 0.688. The van der Waals surface area contributed by atoms with E-state index in [-0.39, 0.29) is 12.3 Å². The first-order valence-corrected chi connectivity index (χ1v) is 11.1. The first kappa shape index (κ1) is 22.0. The van der Waals surface area contributed by atoms with Gasteiger partial charge in [-0.15, -0.1) is 0 Å². The monoisotopic (exact) mass is 461 g/mol. The zero-order valence-electron chi connectivity index (χ0n) is 17.7. The Balaban J connectivity index is 1.51. The van der Waals surface area contributed by atoms with Gasteiger partial charge in [-0.3, -0.25) is 14.9 Å². The summed E-state index contributed by atoms with van der Waals surface area (Å²) in [4.78, 5) is 33.9. The second kappa shape index (κ2) is 9.53. The fourth-order valence-electron chi connectivity index (χ4n) is 3.27. The third-order valence-corrected chi connectivity index (χ3v) is 5.58. The van der Waals surface area contributed by atoms with Crippen LogP contribution in [0.3, 0.4) is 0 Å². The number of aromatic nitrogens is 4. The Bertz CT molecular complexity index is 1120. The lowest BCUT2D eigenvalue weighted by Gasteiger charge is -2.28. The Morgan fingerprint density at radius 2 is 2.09 bits per heavy atom. The maximum absolute atomic E-state index is 12.2. The lowest BCUT2D eigenvalue weighted by Crippen LogP contribution is -2.37. The van der Waals surface area contributed by atoms with Crippen molar-refractivity contribution in [3.05, 3.63) is 34.2 Å². The summed E-state index contributed by atoms with van der Waals surface area (Å²) in [6.45, 7) is 7.54. The highest BCUT2D eigenvalue weighted by molar-refractivity contribution is 7.99. The van der Waals surface area contributed by atoms with Crippen LogP contribution in [0.4, 0.5) is 11.7 Å². The van der Waals surface area contributed by atoms with E-state index >= 15 is 0 Å². The molecule has 0 aliphatic carbocycles. The number of fused-ring (bicyclic) bond motifs is 1. The predicted molar refractivity (Wildman–Crippen MR) is 117 cm³/mol. The highest BCUT2D eigenvalue weighted by Gasteiger charge is 2.21. The second-order valence-electron chi connectivity index (χ2n) is 7.35. The molecule has 0 bridgehead atoms. The van der Waals surface area contributed by atoms with Crippen LogP contribution in [0, 0.1) is 10.1 Å². The molecule has 0 unspecified atom stereocenters. The van der Waals surface area contributed by atoms with Crippen LogP contribution in [0.2, 0.25) is 0 Å². The molecular formula is C19H23N7O5S. The minimum Gasteiger partial charge on any atom is -0.395 e. The maximum Gasteiger partial charge on any atom is 0.433 e. The molecule has 3 aromatic rings. The van der Waals surface area contributed by atoms with Crippen molar-refractivity contribution < 1.29 is 18.9 Å². The van der Waals surface area contributed by atoms with Gasteiger partial charge < -0.3 is 19.4 Å². The molecule has 0 atom stereocenters. The quantitative estimate of drug-likeness (QED) is 0.229. The van der Waals surface area contributed by atoms with E-state index in [4.69, 9.17) is 19.1 Å². The SMILES string of the molecule is CC(C)Sc1nc(N2CCOCC2)c2cnn(CCNC(=O)c3ccc([N+](=O)[O-])o3)c2n1. The number of anilines is 1. The number of furan rings is 1. The van der Waals surface area contributed by atoms with Gasteiger partial charge in [-0.05, 0) is 6.07 Å². The number of amides is 1. The molecule has 12 nitrogen and oxygen atoms in total. The van der Waals surface area contributed by atoms with Gasteiger partial charge in [0, 0.05) is 24.9 Å². The number of thioether (sulfide) groups is 1. The molecule has 1 amide bonds. The average Bonchev–Trinajstić information content (AvgIpc) is 3.41. The van der Waals surface area contributed by atoms with E-state index in [0.717, 1.165) is 30.4 Å². The molecule has 3 aromatic heterocycles. The molecular weight excluding hydrogens is 438 g/mol. The summed E-state index contributed by atoms with van der Waals surface area (Å²) < 4.78 is 12.1. The van der Waals surface area contributed by atoms with E-state index in [1.165, 1.54) is 6.07 Å². The summed E-state index contributed by atoms with van der Waals surface area (Å²) in [5.74, 6) is -0.292. The Morgan fingerprint density at radius 1 is 1.31 bits per heavy atom. The van der Waals surface area contributed by atoms with Crippen molar-refractivity contribution in [3.63, 3.8) is 0 Å². The zero-order chi connectivity index (χ0) is 22.7. The van der Waals surface area contributed by atoms with Gasteiger partial charge in [-0.25, -0.2) is 14.6 Å². The van der Waals surface area contributed by atoms with Crippen molar-refractivity contribution in [1.29, 1.82) is 0 Å². The van der Waals surface area contributed by atoms with Crippen LogP contribution >= 0.6 is 11.8 Å². The van der Waals surface area contributed by atoms with Gasteiger partial charge in [0.25, 0.3) is 5.91 Å². The Morgan fingerprint density at radius 3 is 2.78 bits per heavy atom. The number of rotatable bonds is 8. The molecule has 0 spiro atoms. The fourth-order valence-corrected chi connectivity index (χ4v) is 3.97. The third-order valence-electron chi connectivity index (χ3n) is 4.71. The van der Waals surface area contributed by atoms with Crippen molar-refractivity contribution in [2.75, 3.05) is 37.7 Å². The van der Waals surface area contributed by atoms with Crippen molar-refractivity contribution in [2.24, 2.45) is 0 Å². The van der Waals surface area contributed by atoms with Crippen LogP contribution in [0.1, 0.15) is 24.4 Å². The van der Waals surface area contributed by atoms with Gasteiger partial charge in [0.1, 0.15) is 10.7 Å². The molecule has 1 N–H and O–H groups in total. The van der Waals surface area contributed by atoms with Crippen LogP contribution in [0.15, 0.2) is 27.9 Å². The third kappa shape index (κ3) is 4.83. The number of ether oxygens (including phenoxy) is 1.